The zero-order chi connectivity index (χ0) is 13.8. The van der Waals surface area contributed by atoms with Crippen LogP contribution in [0.5, 0.6) is 5.75 Å². The standard InChI is InChI=1S/C10H13NO2.C2H6O.C2H6/c12-7-5-11-6-8-13-10-4-2-1-3-9(10)11;1-3-2;1-2/h1-4,12H,5-8H2;1-2H3;1-2H3. The number of para-hydroxylation sites is 2. The van der Waals surface area contributed by atoms with E-state index < -0.39 is 0 Å². The fourth-order valence-electron chi connectivity index (χ4n) is 1.58. The van der Waals surface area contributed by atoms with Crippen molar-refractivity contribution in [3.8, 4) is 5.75 Å². The Morgan fingerprint density at radius 1 is 1.28 bits per heavy atom. The number of hydrogen-bond donors (Lipinski definition) is 1. The van der Waals surface area contributed by atoms with Gasteiger partial charge in [-0.3, -0.25) is 0 Å². The van der Waals surface area contributed by atoms with Crippen molar-refractivity contribution in [3.05, 3.63) is 24.3 Å². The van der Waals surface area contributed by atoms with Crippen LogP contribution in [0.3, 0.4) is 0 Å². The predicted molar refractivity (Wildman–Crippen MR) is 75.5 cm³/mol. The Bertz CT molecular complexity index is 305. The van der Waals surface area contributed by atoms with E-state index in [1.54, 1.807) is 14.2 Å². The lowest BCUT2D eigenvalue weighted by Gasteiger charge is -2.30. The number of aliphatic hydroxyl groups is 1. The van der Waals surface area contributed by atoms with E-state index in [9.17, 15) is 0 Å². The molecule has 0 radical (unpaired) electrons. The molecule has 4 heteroatoms. The molecule has 1 heterocycles. The maximum Gasteiger partial charge on any atom is 0.142 e. The number of hydrogen-bond acceptors (Lipinski definition) is 4. The molecule has 1 aromatic rings. The van der Waals surface area contributed by atoms with Gasteiger partial charge in [-0.25, -0.2) is 0 Å². The summed E-state index contributed by atoms with van der Waals surface area (Å²) in [5.41, 5.74) is 1.09. The van der Waals surface area contributed by atoms with Gasteiger partial charge < -0.3 is 19.5 Å². The van der Waals surface area contributed by atoms with E-state index in [1.807, 2.05) is 38.1 Å². The SMILES string of the molecule is CC.COC.OCCN1CCOc2ccccc21. The van der Waals surface area contributed by atoms with Crippen LogP contribution < -0.4 is 9.64 Å². The first-order chi connectivity index (χ1) is 8.83. The van der Waals surface area contributed by atoms with E-state index in [-0.39, 0.29) is 6.61 Å². The summed E-state index contributed by atoms with van der Waals surface area (Å²) < 4.78 is 9.73. The molecule has 0 unspecified atom stereocenters. The van der Waals surface area contributed by atoms with Gasteiger partial charge in [0.15, 0.2) is 0 Å². The second kappa shape index (κ2) is 10.9. The number of rotatable bonds is 2. The number of fused-ring (bicyclic) bond motifs is 1. The Labute approximate surface area is 110 Å². The molecule has 0 aliphatic carbocycles. The molecule has 104 valence electrons. The van der Waals surface area contributed by atoms with Crippen LogP contribution in [0.15, 0.2) is 24.3 Å². The van der Waals surface area contributed by atoms with E-state index >= 15 is 0 Å². The van der Waals surface area contributed by atoms with Gasteiger partial charge in [-0.1, -0.05) is 26.0 Å². The van der Waals surface area contributed by atoms with E-state index in [4.69, 9.17) is 9.84 Å². The Hall–Kier alpha value is -1.26. The number of benzene rings is 1. The number of ether oxygens (including phenoxy) is 2. The average molecular weight is 255 g/mol. The van der Waals surface area contributed by atoms with Crippen molar-refractivity contribution in [2.45, 2.75) is 13.8 Å². The third-order valence-electron chi connectivity index (χ3n) is 2.19. The van der Waals surface area contributed by atoms with Crippen LogP contribution >= 0.6 is 0 Å². The van der Waals surface area contributed by atoms with Crippen LogP contribution in [-0.4, -0.2) is 45.6 Å². The summed E-state index contributed by atoms with van der Waals surface area (Å²) in [7, 11) is 3.25. The fraction of sp³-hybridized carbons (Fsp3) is 0.571. The number of β-amino-alcohol motifs (C(OH)–C–C–N with tert-alkyl or cyclic N) is 1. The smallest absolute Gasteiger partial charge is 0.142 e. The van der Waals surface area contributed by atoms with E-state index in [0.717, 1.165) is 18.0 Å². The summed E-state index contributed by atoms with van der Waals surface area (Å²) in [6.45, 7) is 6.43. The normalized spacial score (nSPS) is 12.2. The second-order valence-corrected chi connectivity index (χ2v) is 3.44. The summed E-state index contributed by atoms with van der Waals surface area (Å²) in [6.07, 6.45) is 0. The third-order valence-corrected chi connectivity index (χ3v) is 2.19. The summed E-state index contributed by atoms with van der Waals surface area (Å²) >= 11 is 0. The zero-order valence-electron chi connectivity index (χ0n) is 11.8. The highest BCUT2D eigenvalue weighted by molar-refractivity contribution is 5.59. The van der Waals surface area contributed by atoms with Crippen LogP contribution in [0.1, 0.15) is 13.8 Å². The molecule has 0 amide bonds. The molecule has 18 heavy (non-hydrogen) atoms. The van der Waals surface area contributed by atoms with Gasteiger partial charge in [-0.15, -0.1) is 0 Å². The largest absolute Gasteiger partial charge is 0.490 e. The van der Waals surface area contributed by atoms with Crippen molar-refractivity contribution in [3.63, 3.8) is 0 Å². The van der Waals surface area contributed by atoms with E-state index in [1.165, 1.54) is 0 Å². The predicted octanol–water partition coefficient (Wildman–Crippen LogP) is 2.17. The molecular formula is C14H25NO3. The molecule has 0 aromatic heterocycles. The molecule has 2 rings (SSSR count). The molecule has 1 N–H and O–H groups in total. The summed E-state index contributed by atoms with van der Waals surface area (Å²) in [5.74, 6) is 0.919. The molecule has 4 nitrogen and oxygen atoms in total. The molecule has 0 fully saturated rings. The second-order valence-electron chi connectivity index (χ2n) is 3.44. The molecule has 1 aliphatic heterocycles. The van der Waals surface area contributed by atoms with Crippen molar-refractivity contribution in [2.24, 2.45) is 0 Å². The van der Waals surface area contributed by atoms with E-state index in [0.29, 0.717) is 13.2 Å². The Kier molecular flexibility index (Phi) is 10.1. The topological polar surface area (TPSA) is 41.9 Å². The van der Waals surface area contributed by atoms with Crippen LogP contribution in [0.4, 0.5) is 5.69 Å². The number of aliphatic hydroxyl groups excluding tert-OH is 1. The summed E-state index contributed by atoms with van der Waals surface area (Å²) in [4.78, 5) is 2.14. The van der Waals surface area contributed by atoms with Crippen molar-refractivity contribution >= 4 is 5.69 Å². The number of nitrogens with zero attached hydrogens (tertiary/aromatic N) is 1. The molecule has 0 atom stereocenters. The highest BCUT2D eigenvalue weighted by Crippen LogP contribution is 2.30. The molecule has 0 saturated carbocycles. The van der Waals surface area contributed by atoms with Crippen molar-refractivity contribution in [1.29, 1.82) is 0 Å². The molecule has 0 saturated heterocycles. The third kappa shape index (κ3) is 5.38. The van der Waals surface area contributed by atoms with Gasteiger partial charge in [0.05, 0.1) is 18.8 Å². The number of anilines is 1. The molecule has 0 spiro atoms. The highest BCUT2D eigenvalue weighted by Gasteiger charge is 2.15. The van der Waals surface area contributed by atoms with Gasteiger partial charge in [-0.05, 0) is 12.1 Å². The first-order valence-corrected chi connectivity index (χ1v) is 6.31. The molecule has 1 aliphatic rings. The lowest BCUT2D eigenvalue weighted by molar-refractivity contribution is 0.277. The Morgan fingerprint density at radius 3 is 2.50 bits per heavy atom. The lowest BCUT2D eigenvalue weighted by atomic mass is 10.2. The highest BCUT2D eigenvalue weighted by atomic mass is 16.5. The molecular weight excluding hydrogens is 230 g/mol. The fourth-order valence-corrected chi connectivity index (χ4v) is 1.58. The minimum atomic E-state index is 0.189. The first-order valence-electron chi connectivity index (χ1n) is 6.31. The minimum absolute atomic E-state index is 0.189. The van der Waals surface area contributed by atoms with Gasteiger partial charge in [-0.2, -0.15) is 0 Å². The van der Waals surface area contributed by atoms with Crippen LogP contribution in [0, 0.1) is 0 Å². The average Bonchev–Trinajstić information content (AvgIpc) is 2.43. The van der Waals surface area contributed by atoms with Gasteiger partial charge in [0.2, 0.25) is 0 Å². The van der Waals surface area contributed by atoms with Crippen molar-refractivity contribution < 1.29 is 14.6 Å². The quantitative estimate of drug-likeness (QED) is 0.879. The van der Waals surface area contributed by atoms with Gasteiger partial charge >= 0.3 is 0 Å². The monoisotopic (exact) mass is 255 g/mol. The maximum atomic E-state index is 8.86. The summed E-state index contributed by atoms with van der Waals surface area (Å²) in [5, 5.41) is 8.86. The van der Waals surface area contributed by atoms with Gasteiger partial charge in [0, 0.05) is 20.8 Å². The zero-order valence-corrected chi connectivity index (χ0v) is 11.8. The Balaban J connectivity index is 0.000000509. The first kappa shape index (κ1) is 16.7. The van der Waals surface area contributed by atoms with Crippen molar-refractivity contribution in [2.75, 3.05) is 45.4 Å². The van der Waals surface area contributed by atoms with Crippen LogP contribution in [-0.2, 0) is 4.74 Å². The summed E-state index contributed by atoms with van der Waals surface area (Å²) in [6, 6.07) is 7.92. The van der Waals surface area contributed by atoms with E-state index in [2.05, 4.69) is 9.64 Å². The maximum absolute atomic E-state index is 8.86. The van der Waals surface area contributed by atoms with Crippen LogP contribution in [0.2, 0.25) is 0 Å². The van der Waals surface area contributed by atoms with Crippen LogP contribution in [0.25, 0.3) is 0 Å². The van der Waals surface area contributed by atoms with Gasteiger partial charge in [0.1, 0.15) is 12.4 Å². The molecule has 1 aromatic carbocycles. The molecule has 0 bridgehead atoms. The minimum Gasteiger partial charge on any atom is -0.490 e. The van der Waals surface area contributed by atoms with Gasteiger partial charge in [0.25, 0.3) is 0 Å². The lowest BCUT2D eigenvalue weighted by Crippen LogP contribution is -2.34. The number of methoxy groups -OCH3 is 1. The Morgan fingerprint density at radius 2 is 1.89 bits per heavy atom. The van der Waals surface area contributed by atoms with Crippen molar-refractivity contribution in [1.82, 2.24) is 0 Å².